The van der Waals surface area contributed by atoms with E-state index >= 15 is 0 Å². The van der Waals surface area contributed by atoms with Gasteiger partial charge in [-0.2, -0.15) is 0 Å². The highest BCUT2D eigenvalue weighted by molar-refractivity contribution is 5.85. The first kappa shape index (κ1) is 26.0. The summed E-state index contributed by atoms with van der Waals surface area (Å²) < 4.78 is 0. The smallest absolute Gasteiger partial charge is 0.220 e. The summed E-state index contributed by atoms with van der Waals surface area (Å²) in [6, 6.07) is 0. The SMILES string of the molecule is CCC1CCCN(C(C)(C)CNC(=O)CC(C)C2CCCNC2)C1.Cl.Cl. The van der Waals surface area contributed by atoms with Crippen LogP contribution < -0.4 is 10.6 Å². The molecular formula is C20H41Cl2N3O. The summed E-state index contributed by atoms with van der Waals surface area (Å²) in [5.74, 6) is 2.18. The second kappa shape index (κ2) is 12.4. The van der Waals surface area contributed by atoms with E-state index in [0.717, 1.165) is 25.6 Å². The second-order valence-corrected chi connectivity index (χ2v) is 8.74. The molecule has 0 saturated carbocycles. The number of piperidine rings is 2. The Hall–Kier alpha value is -0.0300. The maximum Gasteiger partial charge on any atom is 0.220 e. The fraction of sp³-hybridized carbons (Fsp3) is 0.950. The summed E-state index contributed by atoms with van der Waals surface area (Å²) in [5.41, 5.74) is 0.0547. The number of carbonyl (C=O) groups is 1. The van der Waals surface area contributed by atoms with Crippen LogP contribution in [0.15, 0.2) is 0 Å². The zero-order valence-corrected chi connectivity index (χ0v) is 18.8. The minimum atomic E-state index is 0. The Morgan fingerprint density at radius 2 is 2.00 bits per heavy atom. The predicted octanol–water partition coefficient (Wildman–Crippen LogP) is 3.87. The van der Waals surface area contributed by atoms with Crippen LogP contribution in [-0.4, -0.2) is 49.1 Å². The number of hydrogen-bond acceptors (Lipinski definition) is 3. The van der Waals surface area contributed by atoms with Crippen molar-refractivity contribution < 1.29 is 4.79 Å². The lowest BCUT2D eigenvalue weighted by atomic mass is 9.85. The first-order chi connectivity index (χ1) is 11.4. The van der Waals surface area contributed by atoms with Crippen molar-refractivity contribution in [2.75, 3.05) is 32.7 Å². The lowest BCUT2D eigenvalue weighted by molar-refractivity contribution is -0.123. The molecule has 2 fully saturated rings. The summed E-state index contributed by atoms with van der Waals surface area (Å²) >= 11 is 0. The van der Waals surface area contributed by atoms with Crippen molar-refractivity contribution >= 4 is 30.7 Å². The number of nitrogens with zero attached hydrogens (tertiary/aromatic N) is 1. The van der Waals surface area contributed by atoms with E-state index in [1.807, 2.05) is 0 Å². The van der Waals surface area contributed by atoms with Gasteiger partial charge in [-0.3, -0.25) is 9.69 Å². The van der Waals surface area contributed by atoms with Crippen molar-refractivity contribution in [2.24, 2.45) is 17.8 Å². The molecule has 3 unspecified atom stereocenters. The standard InChI is InChI=1S/C20H39N3O.2ClH/c1-5-17-8-7-11-23(14-17)20(3,4)15-22-19(24)12-16(2)18-9-6-10-21-13-18;;/h16-18,21H,5-15H2,1-4H3,(H,22,24);2*1H. The van der Waals surface area contributed by atoms with Gasteiger partial charge in [0.25, 0.3) is 0 Å². The van der Waals surface area contributed by atoms with Crippen molar-refractivity contribution in [2.45, 2.75) is 71.8 Å². The number of nitrogens with one attached hydrogen (secondary N) is 2. The Morgan fingerprint density at radius 1 is 1.27 bits per heavy atom. The van der Waals surface area contributed by atoms with E-state index in [9.17, 15) is 4.79 Å². The summed E-state index contributed by atoms with van der Waals surface area (Å²) in [6.45, 7) is 14.4. The van der Waals surface area contributed by atoms with Crippen molar-refractivity contribution in [3.8, 4) is 0 Å². The molecule has 0 aromatic heterocycles. The van der Waals surface area contributed by atoms with Gasteiger partial charge in [0.1, 0.15) is 0 Å². The fourth-order valence-corrected chi connectivity index (χ4v) is 4.27. The fourth-order valence-electron chi connectivity index (χ4n) is 4.27. The zero-order chi connectivity index (χ0) is 17.6. The molecule has 1 amide bonds. The number of likely N-dealkylation sites (tertiary alicyclic amines) is 1. The Morgan fingerprint density at radius 3 is 2.62 bits per heavy atom. The predicted molar refractivity (Wildman–Crippen MR) is 116 cm³/mol. The van der Waals surface area contributed by atoms with Crippen LogP contribution in [-0.2, 0) is 4.79 Å². The van der Waals surface area contributed by atoms with Gasteiger partial charge in [0, 0.05) is 25.0 Å². The second-order valence-electron chi connectivity index (χ2n) is 8.74. The number of hydrogen-bond donors (Lipinski definition) is 2. The summed E-state index contributed by atoms with van der Waals surface area (Å²) in [5, 5.41) is 6.68. The summed E-state index contributed by atoms with van der Waals surface area (Å²) in [6.07, 6.45) is 7.10. The van der Waals surface area contributed by atoms with Crippen LogP contribution in [0.1, 0.15) is 66.2 Å². The lowest BCUT2D eigenvalue weighted by Gasteiger charge is -2.43. The molecule has 4 nitrogen and oxygen atoms in total. The van der Waals surface area contributed by atoms with Crippen LogP contribution >= 0.6 is 24.8 Å². The molecule has 6 heteroatoms. The van der Waals surface area contributed by atoms with Crippen molar-refractivity contribution in [1.29, 1.82) is 0 Å². The highest BCUT2D eigenvalue weighted by atomic mass is 35.5. The highest BCUT2D eigenvalue weighted by Crippen LogP contribution is 2.26. The molecule has 0 aliphatic carbocycles. The molecule has 2 aliphatic rings. The molecule has 2 saturated heterocycles. The third-order valence-electron chi connectivity index (χ3n) is 6.32. The quantitative estimate of drug-likeness (QED) is 0.670. The van der Waals surface area contributed by atoms with Gasteiger partial charge in [0.2, 0.25) is 5.91 Å². The summed E-state index contributed by atoms with van der Waals surface area (Å²) in [4.78, 5) is 15.0. The van der Waals surface area contributed by atoms with Gasteiger partial charge >= 0.3 is 0 Å². The minimum absolute atomic E-state index is 0. The van der Waals surface area contributed by atoms with Crippen molar-refractivity contribution in [1.82, 2.24) is 15.5 Å². The number of halogens is 2. The first-order valence-electron chi connectivity index (χ1n) is 10.1. The molecule has 2 aliphatic heterocycles. The minimum Gasteiger partial charge on any atom is -0.354 e. The van der Waals surface area contributed by atoms with Crippen LogP contribution in [0, 0.1) is 17.8 Å². The normalized spacial score (nSPS) is 25.5. The van der Waals surface area contributed by atoms with Gasteiger partial charge in [0.05, 0.1) is 0 Å². The molecule has 3 atom stereocenters. The van der Waals surface area contributed by atoms with E-state index in [-0.39, 0.29) is 36.3 Å². The molecule has 0 bridgehead atoms. The van der Waals surface area contributed by atoms with E-state index in [0.29, 0.717) is 18.3 Å². The Labute approximate surface area is 173 Å². The van der Waals surface area contributed by atoms with Gasteiger partial charge in [-0.1, -0.05) is 20.3 Å². The van der Waals surface area contributed by atoms with E-state index in [1.54, 1.807) is 0 Å². The van der Waals surface area contributed by atoms with Gasteiger partial charge < -0.3 is 10.6 Å². The molecule has 156 valence electrons. The molecule has 0 spiro atoms. The van der Waals surface area contributed by atoms with E-state index < -0.39 is 0 Å². The Kier molecular flexibility index (Phi) is 12.4. The average molecular weight is 410 g/mol. The maximum atomic E-state index is 12.4. The number of amides is 1. The van der Waals surface area contributed by atoms with Gasteiger partial charge in [-0.25, -0.2) is 0 Å². The monoisotopic (exact) mass is 409 g/mol. The largest absolute Gasteiger partial charge is 0.354 e. The molecule has 2 rings (SSSR count). The zero-order valence-electron chi connectivity index (χ0n) is 17.2. The van der Waals surface area contributed by atoms with Crippen LogP contribution in [0.2, 0.25) is 0 Å². The highest BCUT2D eigenvalue weighted by Gasteiger charge is 2.31. The van der Waals surface area contributed by atoms with Crippen molar-refractivity contribution in [3.05, 3.63) is 0 Å². The first-order valence-corrected chi connectivity index (χ1v) is 10.1. The molecule has 2 N–H and O–H groups in total. The summed E-state index contributed by atoms with van der Waals surface area (Å²) in [7, 11) is 0. The van der Waals surface area contributed by atoms with Gasteiger partial charge in [0.15, 0.2) is 0 Å². The van der Waals surface area contributed by atoms with Crippen molar-refractivity contribution in [3.63, 3.8) is 0 Å². The molecule has 2 heterocycles. The molecule has 26 heavy (non-hydrogen) atoms. The third-order valence-corrected chi connectivity index (χ3v) is 6.32. The number of carbonyl (C=O) groups excluding carboxylic acids is 1. The molecular weight excluding hydrogens is 369 g/mol. The van der Waals surface area contributed by atoms with Gasteiger partial charge in [-0.15, -0.1) is 24.8 Å². The third kappa shape index (κ3) is 7.92. The van der Waals surface area contributed by atoms with Crippen LogP contribution in [0.4, 0.5) is 0 Å². The molecule has 0 radical (unpaired) electrons. The average Bonchev–Trinajstić information content (AvgIpc) is 2.61. The van der Waals surface area contributed by atoms with Crippen LogP contribution in [0.25, 0.3) is 0 Å². The van der Waals surface area contributed by atoms with Gasteiger partial charge in [-0.05, 0) is 76.9 Å². The van der Waals surface area contributed by atoms with E-state index in [4.69, 9.17) is 0 Å². The Bertz CT molecular complexity index is 401. The lowest BCUT2D eigenvalue weighted by Crippen LogP contribution is -2.55. The molecule has 0 aromatic rings. The van der Waals surface area contributed by atoms with Crippen LogP contribution in [0.5, 0.6) is 0 Å². The van der Waals surface area contributed by atoms with Crippen LogP contribution in [0.3, 0.4) is 0 Å². The van der Waals surface area contributed by atoms with E-state index in [1.165, 1.54) is 45.2 Å². The topological polar surface area (TPSA) is 44.4 Å². The van der Waals surface area contributed by atoms with E-state index in [2.05, 4.69) is 43.2 Å². The maximum absolute atomic E-state index is 12.4. The Balaban J connectivity index is 0.00000312. The number of rotatable bonds is 7. The molecule has 0 aromatic carbocycles.